The number of hydrogen-bond acceptors (Lipinski definition) is 4. The van der Waals surface area contributed by atoms with Gasteiger partial charge in [0.2, 0.25) is 11.8 Å². The highest BCUT2D eigenvalue weighted by molar-refractivity contribution is 7.92. The van der Waals surface area contributed by atoms with Crippen LogP contribution in [0.5, 0.6) is 0 Å². The van der Waals surface area contributed by atoms with Crippen LogP contribution in [0.1, 0.15) is 25.0 Å². The third-order valence-corrected chi connectivity index (χ3v) is 9.52. The van der Waals surface area contributed by atoms with Gasteiger partial charge in [-0.3, -0.25) is 13.9 Å². The Morgan fingerprint density at radius 3 is 2.09 bits per heavy atom. The Morgan fingerprint density at radius 1 is 0.844 bits per heavy atom. The summed E-state index contributed by atoms with van der Waals surface area (Å²) in [5.41, 5.74) is 1.24. The van der Waals surface area contributed by atoms with Gasteiger partial charge in [-0.25, -0.2) is 12.8 Å². The van der Waals surface area contributed by atoms with Crippen molar-refractivity contribution in [3.8, 4) is 0 Å². The predicted octanol–water partition coefficient (Wildman–Crippen LogP) is 7.15. The lowest BCUT2D eigenvalue weighted by Gasteiger charge is -2.34. The molecule has 4 aromatic carbocycles. The molecular formula is C33H31Cl3FN3O4S. The first-order chi connectivity index (χ1) is 21.4. The molecule has 0 fully saturated rings. The maximum atomic E-state index is 14.4. The average Bonchev–Trinajstić information content (AvgIpc) is 3.00. The van der Waals surface area contributed by atoms with E-state index in [1.54, 1.807) is 44.2 Å². The molecule has 1 N–H and O–H groups in total. The number of sulfonamides is 1. The van der Waals surface area contributed by atoms with Crippen molar-refractivity contribution in [2.24, 2.45) is 0 Å². The summed E-state index contributed by atoms with van der Waals surface area (Å²) in [6.07, 6.45) is 0.129. The summed E-state index contributed by atoms with van der Waals surface area (Å²) in [7, 11) is -4.36. The van der Waals surface area contributed by atoms with Crippen LogP contribution in [0.15, 0.2) is 102 Å². The molecule has 2 amide bonds. The Balaban J connectivity index is 1.84. The van der Waals surface area contributed by atoms with Gasteiger partial charge in [0, 0.05) is 29.1 Å². The molecule has 0 saturated heterocycles. The standard InChI is InChI=1S/C33H31Cl3FN3O4S/c1-22(2)38-33(42)31(17-23-9-5-3-6-10-23)39(20-24-13-14-25(34)18-28(24)35)32(41)21-40(26-15-16-30(37)29(36)19-26)45(43,44)27-11-7-4-8-12-27/h3-16,18-19,22,31H,17,20-21H2,1-2H3,(H,38,42). The van der Waals surface area contributed by atoms with E-state index in [2.05, 4.69) is 5.32 Å². The van der Waals surface area contributed by atoms with E-state index < -0.39 is 40.2 Å². The van der Waals surface area contributed by atoms with E-state index >= 15 is 0 Å². The van der Waals surface area contributed by atoms with Crippen molar-refractivity contribution in [1.29, 1.82) is 0 Å². The van der Waals surface area contributed by atoms with Gasteiger partial charge in [0.05, 0.1) is 15.6 Å². The Morgan fingerprint density at radius 2 is 1.49 bits per heavy atom. The van der Waals surface area contributed by atoms with E-state index in [0.717, 1.165) is 22.0 Å². The average molecular weight is 691 g/mol. The first-order valence-electron chi connectivity index (χ1n) is 14.0. The minimum Gasteiger partial charge on any atom is -0.352 e. The minimum atomic E-state index is -4.36. The number of rotatable bonds is 12. The van der Waals surface area contributed by atoms with Gasteiger partial charge >= 0.3 is 0 Å². The van der Waals surface area contributed by atoms with Crippen LogP contribution >= 0.6 is 34.8 Å². The van der Waals surface area contributed by atoms with Crippen molar-refractivity contribution in [2.75, 3.05) is 10.8 Å². The fourth-order valence-electron chi connectivity index (χ4n) is 4.66. The summed E-state index contributed by atoms with van der Waals surface area (Å²) in [5.74, 6) is -1.90. The molecule has 0 heterocycles. The van der Waals surface area contributed by atoms with Crippen molar-refractivity contribution in [3.05, 3.63) is 129 Å². The zero-order valence-corrected chi connectivity index (χ0v) is 27.5. The van der Waals surface area contributed by atoms with Gasteiger partial charge in [0.15, 0.2) is 0 Å². The Kier molecular flexibility index (Phi) is 11.5. The number of benzene rings is 4. The van der Waals surface area contributed by atoms with Crippen LogP contribution in [0.3, 0.4) is 0 Å². The molecule has 4 rings (SSSR count). The zero-order valence-electron chi connectivity index (χ0n) is 24.5. The highest BCUT2D eigenvalue weighted by Gasteiger charge is 2.35. The molecule has 0 bridgehead atoms. The number of halogens is 4. The SMILES string of the molecule is CC(C)NC(=O)C(Cc1ccccc1)N(Cc1ccc(Cl)cc1Cl)C(=O)CN(c1ccc(F)c(Cl)c1)S(=O)(=O)c1ccccc1. The summed E-state index contributed by atoms with van der Waals surface area (Å²) in [4.78, 5) is 29.4. The second-order valence-electron chi connectivity index (χ2n) is 10.5. The quantitative estimate of drug-likeness (QED) is 0.171. The first-order valence-corrected chi connectivity index (χ1v) is 16.5. The number of amides is 2. The van der Waals surface area contributed by atoms with E-state index in [1.165, 1.54) is 29.2 Å². The lowest BCUT2D eigenvalue weighted by atomic mass is 10.0. The molecule has 236 valence electrons. The number of anilines is 1. The Bertz CT molecular complexity index is 1760. The van der Waals surface area contributed by atoms with Crippen LogP contribution in [-0.4, -0.2) is 43.8 Å². The van der Waals surface area contributed by atoms with Gasteiger partial charge in [0.1, 0.15) is 18.4 Å². The summed E-state index contributed by atoms with van der Waals surface area (Å²) in [5, 5.41) is 3.21. The lowest BCUT2D eigenvalue weighted by Crippen LogP contribution is -2.54. The molecule has 1 atom stereocenters. The highest BCUT2D eigenvalue weighted by atomic mass is 35.5. The van der Waals surface area contributed by atoms with E-state index in [4.69, 9.17) is 34.8 Å². The fraction of sp³-hybridized carbons (Fsp3) is 0.212. The van der Waals surface area contributed by atoms with E-state index in [0.29, 0.717) is 10.6 Å². The molecule has 0 aliphatic heterocycles. The number of nitrogens with zero attached hydrogens (tertiary/aromatic N) is 2. The normalized spacial score (nSPS) is 12.1. The van der Waals surface area contributed by atoms with Crippen molar-refractivity contribution >= 4 is 62.3 Å². The van der Waals surface area contributed by atoms with E-state index in [-0.39, 0.29) is 39.6 Å². The lowest BCUT2D eigenvalue weighted by molar-refractivity contribution is -0.140. The molecule has 0 aliphatic rings. The molecule has 1 unspecified atom stereocenters. The molecule has 0 aromatic heterocycles. The number of carbonyl (C=O) groups excluding carboxylic acids is 2. The maximum absolute atomic E-state index is 14.4. The Hall–Kier alpha value is -3.63. The van der Waals surface area contributed by atoms with Crippen LogP contribution in [0, 0.1) is 5.82 Å². The number of hydrogen-bond donors (Lipinski definition) is 1. The predicted molar refractivity (Wildman–Crippen MR) is 177 cm³/mol. The molecule has 45 heavy (non-hydrogen) atoms. The van der Waals surface area contributed by atoms with E-state index in [1.807, 2.05) is 30.3 Å². The smallest absolute Gasteiger partial charge is 0.264 e. The van der Waals surface area contributed by atoms with Gasteiger partial charge in [-0.1, -0.05) is 89.4 Å². The largest absolute Gasteiger partial charge is 0.352 e. The van der Waals surface area contributed by atoms with Gasteiger partial charge in [0.25, 0.3) is 10.0 Å². The van der Waals surface area contributed by atoms with Crippen molar-refractivity contribution in [1.82, 2.24) is 10.2 Å². The van der Waals surface area contributed by atoms with Gasteiger partial charge in [-0.2, -0.15) is 0 Å². The molecular weight excluding hydrogens is 660 g/mol. The van der Waals surface area contributed by atoms with Crippen LogP contribution in [0.25, 0.3) is 0 Å². The number of nitrogens with one attached hydrogen (secondary N) is 1. The van der Waals surface area contributed by atoms with Crippen LogP contribution in [0.4, 0.5) is 10.1 Å². The molecule has 0 radical (unpaired) electrons. The second-order valence-corrected chi connectivity index (χ2v) is 13.7. The summed E-state index contributed by atoms with van der Waals surface area (Å²) in [6.45, 7) is 2.73. The summed E-state index contributed by atoms with van der Waals surface area (Å²) >= 11 is 18.7. The van der Waals surface area contributed by atoms with Gasteiger partial charge < -0.3 is 10.2 Å². The van der Waals surface area contributed by atoms with Crippen LogP contribution in [0.2, 0.25) is 15.1 Å². The molecule has 0 aliphatic carbocycles. The summed E-state index contributed by atoms with van der Waals surface area (Å²) < 4.78 is 43.0. The third kappa shape index (κ3) is 8.76. The first kappa shape index (κ1) is 34.2. The van der Waals surface area contributed by atoms with Gasteiger partial charge in [-0.15, -0.1) is 0 Å². The number of carbonyl (C=O) groups is 2. The molecule has 12 heteroatoms. The van der Waals surface area contributed by atoms with Crippen molar-refractivity contribution in [2.45, 2.75) is 43.8 Å². The van der Waals surface area contributed by atoms with Crippen molar-refractivity contribution in [3.63, 3.8) is 0 Å². The topological polar surface area (TPSA) is 86.8 Å². The van der Waals surface area contributed by atoms with E-state index in [9.17, 15) is 22.4 Å². The zero-order chi connectivity index (χ0) is 32.7. The highest BCUT2D eigenvalue weighted by Crippen LogP contribution is 2.29. The van der Waals surface area contributed by atoms with Gasteiger partial charge in [-0.05, 0) is 67.4 Å². The minimum absolute atomic E-state index is 0.0330. The maximum Gasteiger partial charge on any atom is 0.264 e. The Labute approximate surface area is 277 Å². The molecule has 0 saturated carbocycles. The summed E-state index contributed by atoms with van der Waals surface area (Å²) in [6, 6.07) is 23.5. The monoisotopic (exact) mass is 689 g/mol. The second kappa shape index (κ2) is 15.1. The molecule has 7 nitrogen and oxygen atoms in total. The fourth-order valence-corrected chi connectivity index (χ4v) is 6.73. The third-order valence-electron chi connectivity index (χ3n) is 6.86. The molecule has 4 aromatic rings. The van der Waals surface area contributed by atoms with Crippen molar-refractivity contribution < 1.29 is 22.4 Å². The van der Waals surface area contributed by atoms with Crippen LogP contribution in [-0.2, 0) is 32.6 Å². The van der Waals surface area contributed by atoms with Crippen LogP contribution < -0.4 is 9.62 Å². The molecule has 0 spiro atoms.